The van der Waals surface area contributed by atoms with Crippen LogP contribution in [0.5, 0.6) is 0 Å². The average molecular weight is 311 g/mol. The number of carbonyl (C=O) groups is 1. The molecule has 3 rings (SSSR count). The van der Waals surface area contributed by atoms with Crippen LogP contribution >= 0.6 is 23.1 Å². The van der Waals surface area contributed by atoms with E-state index in [0.29, 0.717) is 10.7 Å². The number of carboxylic acids is 1. The third-order valence-corrected chi connectivity index (χ3v) is 5.37. The maximum Gasteiger partial charge on any atom is 0.303 e. The summed E-state index contributed by atoms with van der Waals surface area (Å²) in [4.78, 5) is 27.5. The molecule has 1 aliphatic carbocycles. The van der Waals surface area contributed by atoms with Gasteiger partial charge in [0.1, 0.15) is 5.51 Å². The summed E-state index contributed by atoms with van der Waals surface area (Å²) in [5.74, 6) is 0.708. The highest BCUT2D eigenvalue weighted by Gasteiger charge is 2.44. The highest BCUT2D eigenvalue weighted by molar-refractivity contribution is 7.98. The lowest BCUT2D eigenvalue weighted by Crippen LogP contribution is -2.15. The van der Waals surface area contributed by atoms with E-state index in [1.165, 1.54) is 21.9 Å². The molecule has 0 atom stereocenters. The molecule has 20 heavy (non-hydrogen) atoms. The molecule has 0 spiro atoms. The van der Waals surface area contributed by atoms with Crippen molar-refractivity contribution in [1.82, 2.24) is 14.6 Å². The fourth-order valence-electron chi connectivity index (χ4n) is 2.12. The summed E-state index contributed by atoms with van der Waals surface area (Å²) in [5.41, 5.74) is 2.13. The summed E-state index contributed by atoms with van der Waals surface area (Å²) in [5, 5.41) is 12.8. The van der Waals surface area contributed by atoms with Crippen LogP contribution in [0.15, 0.2) is 16.4 Å². The molecule has 0 aliphatic heterocycles. The van der Waals surface area contributed by atoms with Crippen LogP contribution in [0.1, 0.15) is 25.0 Å². The van der Waals surface area contributed by atoms with Crippen molar-refractivity contribution in [3.63, 3.8) is 0 Å². The fraction of sp³-hybridized carbons (Fsp3) is 0.500. The van der Waals surface area contributed by atoms with Gasteiger partial charge in [-0.25, -0.2) is 4.98 Å². The molecule has 1 aliphatic rings. The summed E-state index contributed by atoms with van der Waals surface area (Å²) in [6, 6.07) is 1.50. The van der Waals surface area contributed by atoms with E-state index in [1.807, 2.05) is 0 Å². The minimum absolute atomic E-state index is 0.0276. The lowest BCUT2D eigenvalue weighted by molar-refractivity contribution is -0.138. The van der Waals surface area contributed by atoms with Crippen molar-refractivity contribution < 1.29 is 9.90 Å². The number of hydrogen-bond acceptors (Lipinski definition) is 6. The van der Waals surface area contributed by atoms with E-state index < -0.39 is 5.97 Å². The number of aromatic nitrogens is 3. The Bertz CT molecular complexity index is 705. The molecular weight excluding hydrogens is 298 g/mol. The van der Waals surface area contributed by atoms with Crippen molar-refractivity contribution in [2.24, 2.45) is 5.41 Å². The molecule has 2 aromatic rings. The molecule has 0 bridgehead atoms. The van der Waals surface area contributed by atoms with Gasteiger partial charge in [-0.1, -0.05) is 11.3 Å². The first-order chi connectivity index (χ1) is 9.58. The minimum atomic E-state index is -0.731. The molecule has 0 amide bonds. The van der Waals surface area contributed by atoms with Crippen LogP contribution in [-0.2, 0) is 10.5 Å². The predicted octanol–water partition coefficient (Wildman–Crippen LogP) is 1.64. The van der Waals surface area contributed by atoms with E-state index in [4.69, 9.17) is 5.11 Å². The second kappa shape index (κ2) is 5.17. The molecule has 0 aromatic carbocycles. The normalized spacial score (nSPS) is 16.4. The Balaban J connectivity index is 1.63. The highest BCUT2D eigenvalue weighted by atomic mass is 32.2. The molecule has 6 nitrogen and oxygen atoms in total. The van der Waals surface area contributed by atoms with E-state index in [9.17, 15) is 9.59 Å². The van der Waals surface area contributed by atoms with E-state index in [1.54, 1.807) is 17.3 Å². The Morgan fingerprint density at radius 3 is 3.05 bits per heavy atom. The first kappa shape index (κ1) is 13.6. The van der Waals surface area contributed by atoms with Crippen LogP contribution < -0.4 is 5.56 Å². The Morgan fingerprint density at radius 2 is 2.35 bits per heavy atom. The Hall–Kier alpha value is -1.41. The van der Waals surface area contributed by atoms with Crippen LogP contribution in [0.3, 0.4) is 0 Å². The first-order valence-electron chi connectivity index (χ1n) is 6.20. The summed E-state index contributed by atoms with van der Waals surface area (Å²) in [7, 11) is 0. The Morgan fingerprint density at radius 1 is 1.55 bits per heavy atom. The minimum Gasteiger partial charge on any atom is -0.481 e. The van der Waals surface area contributed by atoms with Gasteiger partial charge in [-0.05, 0) is 24.0 Å². The van der Waals surface area contributed by atoms with Crippen molar-refractivity contribution in [1.29, 1.82) is 0 Å². The van der Waals surface area contributed by atoms with Crippen molar-refractivity contribution in [2.75, 3.05) is 5.75 Å². The van der Waals surface area contributed by atoms with Crippen molar-refractivity contribution in [3.05, 3.63) is 27.6 Å². The van der Waals surface area contributed by atoms with Gasteiger partial charge < -0.3 is 5.11 Å². The number of thioether (sulfide) groups is 1. The number of carboxylic acid groups (broad SMARTS) is 1. The van der Waals surface area contributed by atoms with Gasteiger partial charge in [0.25, 0.3) is 5.56 Å². The highest BCUT2D eigenvalue weighted by Crippen LogP contribution is 2.51. The zero-order valence-corrected chi connectivity index (χ0v) is 12.2. The van der Waals surface area contributed by atoms with Gasteiger partial charge in [-0.3, -0.25) is 9.59 Å². The van der Waals surface area contributed by atoms with E-state index in [0.717, 1.165) is 24.3 Å². The SMILES string of the molecule is O=C(O)CC1(CSCc2cc(=O)n3ncsc3n2)CC1. The van der Waals surface area contributed by atoms with Crippen LogP contribution in [0.25, 0.3) is 4.96 Å². The van der Waals surface area contributed by atoms with Crippen molar-refractivity contribution in [2.45, 2.75) is 25.0 Å². The molecule has 1 fully saturated rings. The van der Waals surface area contributed by atoms with Gasteiger partial charge in [-0.2, -0.15) is 21.4 Å². The standard InChI is InChI=1S/C12H13N3O3S2/c16-9-3-8(14-11-15(9)13-7-20-11)5-19-6-12(1-2-12)4-10(17)18/h3,7H,1-2,4-6H2,(H,17,18). The fourth-order valence-corrected chi connectivity index (χ4v) is 4.04. The quantitative estimate of drug-likeness (QED) is 0.873. The summed E-state index contributed by atoms with van der Waals surface area (Å²) in [6.07, 6.45) is 2.20. The third-order valence-electron chi connectivity index (χ3n) is 3.38. The Labute approximate surface area is 122 Å². The monoisotopic (exact) mass is 311 g/mol. The molecule has 106 valence electrons. The zero-order chi connectivity index (χ0) is 14.2. The summed E-state index contributed by atoms with van der Waals surface area (Å²) in [6.45, 7) is 0. The molecule has 2 aromatic heterocycles. The number of aliphatic carboxylic acids is 1. The molecule has 8 heteroatoms. The largest absolute Gasteiger partial charge is 0.481 e. The topological polar surface area (TPSA) is 84.6 Å². The van der Waals surface area contributed by atoms with E-state index in [2.05, 4.69) is 10.1 Å². The van der Waals surface area contributed by atoms with Crippen molar-refractivity contribution >= 4 is 34.0 Å². The second-order valence-corrected chi connectivity index (χ2v) is 6.88. The van der Waals surface area contributed by atoms with Gasteiger partial charge in [0.05, 0.1) is 12.1 Å². The maximum atomic E-state index is 11.8. The van der Waals surface area contributed by atoms with Gasteiger partial charge in [-0.15, -0.1) is 0 Å². The number of nitrogens with zero attached hydrogens (tertiary/aromatic N) is 3. The third kappa shape index (κ3) is 2.85. The van der Waals surface area contributed by atoms with E-state index in [-0.39, 0.29) is 17.4 Å². The van der Waals surface area contributed by atoms with Crippen LogP contribution in [0, 0.1) is 5.41 Å². The van der Waals surface area contributed by atoms with Gasteiger partial charge in [0.2, 0.25) is 4.96 Å². The van der Waals surface area contributed by atoms with Crippen LogP contribution in [0.2, 0.25) is 0 Å². The maximum absolute atomic E-state index is 11.8. The van der Waals surface area contributed by atoms with Crippen LogP contribution in [-0.4, -0.2) is 31.4 Å². The van der Waals surface area contributed by atoms with Gasteiger partial charge >= 0.3 is 5.97 Å². The summed E-state index contributed by atoms with van der Waals surface area (Å²) >= 11 is 2.98. The molecular formula is C12H13N3O3S2. The molecule has 1 saturated carbocycles. The Kier molecular flexibility index (Phi) is 3.51. The molecule has 0 saturated heterocycles. The van der Waals surface area contributed by atoms with E-state index >= 15 is 0 Å². The smallest absolute Gasteiger partial charge is 0.303 e. The molecule has 1 N–H and O–H groups in total. The van der Waals surface area contributed by atoms with Crippen molar-refractivity contribution in [3.8, 4) is 0 Å². The van der Waals surface area contributed by atoms with Gasteiger partial charge in [0.15, 0.2) is 0 Å². The molecule has 0 radical (unpaired) electrons. The second-order valence-electron chi connectivity index (χ2n) is 5.08. The number of rotatable bonds is 6. The molecule has 0 unspecified atom stereocenters. The molecule has 2 heterocycles. The number of hydrogen-bond donors (Lipinski definition) is 1. The zero-order valence-electron chi connectivity index (χ0n) is 10.6. The van der Waals surface area contributed by atoms with Gasteiger partial charge in [0, 0.05) is 11.8 Å². The first-order valence-corrected chi connectivity index (χ1v) is 8.23. The average Bonchev–Trinajstić information content (AvgIpc) is 2.95. The lowest BCUT2D eigenvalue weighted by Gasteiger charge is -2.11. The van der Waals surface area contributed by atoms with Crippen LogP contribution in [0.4, 0.5) is 0 Å². The predicted molar refractivity (Wildman–Crippen MR) is 77.2 cm³/mol. The lowest BCUT2D eigenvalue weighted by atomic mass is 10.1. The summed E-state index contributed by atoms with van der Waals surface area (Å²) < 4.78 is 1.28. The number of fused-ring (bicyclic) bond motifs is 1.